The predicted molar refractivity (Wildman–Crippen MR) is 88.9 cm³/mol. The van der Waals surface area contributed by atoms with Crippen LogP contribution in [0.5, 0.6) is 11.5 Å². The molecule has 2 aromatic rings. The van der Waals surface area contributed by atoms with Gasteiger partial charge in [-0.25, -0.2) is 4.39 Å². The lowest BCUT2D eigenvalue weighted by molar-refractivity contribution is -0.120. The van der Waals surface area contributed by atoms with Crippen LogP contribution in [0.2, 0.25) is 0 Å². The van der Waals surface area contributed by atoms with Crippen molar-refractivity contribution in [2.24, 2.45) is 0 Å². The highest BCUT2D eigenvalue weighted by atomic mass is 19.1. The second-order valence-electron chi connectivity index (χ2n) is 5.70. The summed E-state index contributed by atoms with van der Waals surface area (Å²) in [6.45, 7) is 1.81. The average molecular weight is 329 g/mol. The lowest BCUT2D eigenvalue weighted by Gasteiger charge is -2.10. The van der Waals surface area contributed by atoms with Gasteiger partial charge in [-0.2, -0.15) is 0 Å². The molecule has 0 unspecified atom stereocenters. The molecule has 1 N–H and O–H groups in total. The van der Waals surface area contributed by atoms with Gasteiger partial charge in [0.15, 0.2) is 11.5 Å². The van der Waals surface area contributed by atoms with E-state index in [2.05, 4.69) is 5.32 Å². The van der Waals surface area contributed by atoms with Crippen molar-refractivity contribution in [3.05, 3.63) is 59.4 Å². The molecule has 0 radical (unpaired) electrons. The summed E-state index contributed by atoms with van der Waals surface area (Å²) in [7, 11) is 0. The highest BCUT2D eigenvalue weighted by molar-refractivity contribution is 5.78. The fourth-order valence-corrected chi connectivity index (χ4v) is 2.59. The SMILES string of the molecule is O=C(Cc1ccccc1F)NCCc1ccc2c(c1)OCCCO2. The van der Waals surface area contributed by atoms with Gasteiger partial charge in [0, 0.05) is 13.0 Å². The first-order valence-corrected chi connectivity index (χ1v) is 8.11. The van der Waals surface area contributed by atoms with Crippen LogP contribution in [0.25, 0.3) is 0 Å². The van der Waals surface area contributed by atoms with E-state index >= 15 is 0 Å². The number of hydrogen-bond donors (Lipinski definition) is 1. The van der Waals surface area contributed by atoms with Crippen molar-refractivity contribution < 1.29 is 18.7 Å². The minimum absolute atomic E-state index is 0.0494. The predicted octanol–water partition coefficient (Wildman–Crippen LogP) is 2.89. The number of rotatable bonds is 5. The Bertz CT molecular complexity index is 718. The van der Waals surface area contributed by atoms with Gasteiger partial charge in [0.2, 0.25) is 5.91 Å². The summed E-state index contributed by atoms with van der Waals surface area (Å²) < 4.78 is 24.8. The van der Waals surface area contributed by atoms with E-state index < -0.39 is 0 Å². The van der Waals surface area contributed by atoms with Crippen LogP contribution in [-0.4, -0.2) is 25.7 Å². The zero-order valence-electron chi connectivity index (χ0n) is 13.4. The Kier molecular flexibility index (Phi) is 5.31. The van der Waals surface area contributed by atoms with E-state index in [4.69, 9.17) is 9.47 Å². The fourth-order valence-electron chi connectivity index (χ4n) is 2.59. The van der Waals surface area contributed by atoms with Crippen LogP contribution in [0, 0.1) is 5.82 Å². The summed E-state index contributed by atoms with van der Waals surface area (Å²) in [5.74, 6) is 0.979. The smallest absolute Gasteiger partial charge is 0.224 e. The van der Waals surface area contributed by atoms with Crippen LogP contribution in [0.15, 0.2) is 42.5 Å². The number of amides is 1. The van der Waals surface area contributed by atoms with E-state index in [9.17, 15) is 9.18 Å². The summed E-state index contributed by atoms with van der Waals surface area (Å²) in [5, 5.41) is 2.82. The van der Waals surface area contributed by atoms with Crippen molar-refractivity contribution >= 4 is 5.91 Å². The molecule has 24 heavy (non-hydrogen) atoms. The van der Waals surface area contributed by atoms with Crippen molar-refractivity contribution in [1.82, 2.24) is 5.32 Å². The Labute approximate surface area is 140 Å². The summed E-state index contributed by atoms with van der Waals surface area (Å²) in [4.78, 5) is 11.9. The van der Waals surface area contributed by atoms with E-state index in [1.165, 1.54) is 6.07 Å². The van der Waals surface area contributed by atoms with E-state index in [1.54, 1.807) is 18.2 Å². The number of nitrogens with one attached hydrogen (secondary N) is 1. The van der Waals surface area contributed by atoms with Crippen molar-refractivity contribution in [3.63, 3.8) is 0 Å². The molecular weight excluding hydrogens is 309 g/mol. The molecule has 0 fully saturated rings. The second kappa shape index (κ2) is 7.81. The van der Waals surface area contributed by atoms with Gasteiger partial charge >= 0.3 is 0 Å². The Hall–Kier alpha value is -2.56. The summed E-state index contributed by atoms with van der Waals surface area (Å²) in [6.07, 6.45) is 1.60. The molecule has 1 heterocycles. The highest BCUT2D eigenvalue weighted by Gasteiger charge is 2.11. The second-order valence-corrected chi connectivity index (χ2v) is 5.70. The van der Waals surface area contributed by atoms with Gasteiger partial charge in [0.05, 0.1) is 19.6 Å². The molecule has 2 aromatic carbocycles. The standard InChI is InChI=1S/C19H20FNO3/c20-16-5-2-1-4-15(16)13-19(22)21-9-8-14-6-7-17-18(12-14)24-11-3-10-23-17/h1-2,4-7,12H,3,8-11,13H2,(H,21,22). The molecule has 0 saturated carbocycles. The molecule has 5 heteroatoms. The zero-order valence-corrected chi connectivity index (χ0v) is 13.4. The van der Waals surface area contributed by atoms with Crippen molar-refractivity contribution in [2.75, 3.05) is 19.8 Å². The minimum atomic E-state index is -0.351. The molecule has 1 aliphatic heterocycles. The molecule has 1 aliphatic rings. The van der Waals surface area contributed by atoms with Crippen LogP contribution in [0.3, 0.4) is 0 Å². The third-order valence-electron chi connectivity index (χ3n) is 3.86. The van der Waals surface area contributed by atoms with Crippen LogP contribution in [0.4, 0.5) is 4.39 Å². The third kappa shape index (κ3) is 4.25. The molecular formula is C19H20FNO3. The summed E-state index contributed by atoms with van der Waals surface area (Å²) >= 11 is 0. The minimum Gasteiger partial charge on any atom is -0.490 e. The molecule has 0 spiro atoms. The number of carbonyl (C=O) groups is 1. The van der Waals surface area contributed by atoms with Crippen LogP contribution < -0.4 is 14.8 Å². The normalized spacial score (nSPS) is 13.2. The molecule has 0 bridgehead atoms. The first-order valence-electron chi connectivity index (χ1n) is 8.11. The number of benzene rings is 2. The van der Waals surface area contributed by atoms with Crippen LogP contribution in [-0.2, 0) is 17.6 Å². The van der Waals surface area contributed by atoms with Gasteiger partial charge in [-0.1, -0.05) is 24.3 Å². The van der Waals surface area contributed by atoms with Crippen molar-refractivity contribution in [2.45, 2.75) is 19.3 Å². The first-order chi connectivity index (χ1) is 11.7. The van der Waals surface area contributed by atoms with Gasteiger partial charge in [0.25, 0.3) is 0 Å². The largest absolute Gasteiger partial charge is 0.490 e. The lowest BCUT2D eigenvalue weighted by atomic mass is 10.1. The molecule has 0 atom stereocenters. The maximum Gasteiger partial charge on any atom is 0.224 e. The maximum atomic E-state index is 13.5. The highest BCUT2D eigenvalue weighted by Crippen LogP contribution is 2.30. The van der Waals surface area contributed by atoms with Gasteiger partial charge in [-0.3, -0.25) is 4.79 Å². The van der Waals surface area contributed by atoms with E-state index in [-0.39, 0.29) is 18.1 Å². The number of fused-ring (bicyclic) bond motifs is 1. The van der Waals surface area contributed by atoms with E-state index in [1.807, 2.05) is 18.2 Å². The number of halogens is 1. The fraction of sp³-hybridized carbons (Fsp3) is 0.316. The monoisotopic (exact) mass is 329 g/mol. The molecule has 4 nitrogen and oxygen atoms in total. The Morgan fingerprint density at radius 2 is 1.88 bits per heavy atom. The Morgan fingerprint density at radius 1 is 1.08 bits per heavy atom. The molecule has 0 aromatic heterocycles. The topological polar surface area (TPSA) is 47.6 Å². The Balaban J connectivity index is 1.50. The molecule has 0 aliphatic carbocycles. The third-order valence-corrected chi connectivity index (χ3v) is 3.86. The van der Waals surface area contributed by atoms with E-state index in [0.717, 1.165) is 23.5 Å². The van der Waals surface area contributed by atoms with Gasteiger partial charge in [0.1, 0.15) is 5.82 Å². The quantitative estimate of drug-likeness (QED) is 0.917. The molecule has 1 amide bonds. The summed E-state index contributed by atoms with van der Waals surface area (Å²) in [6, 6.07) is 12.1. The van der Waals surface area contributed by atoms with Crippen LogP contribution in [0.1, 0.15) is 17.5 Å². The average Bonchev–Trinajstić information content (AvgIpc) is 2.82. The van der Waals surface area contributed by atoms with Crippen molar-refractivity contribution in [1.29, 1.82) is 0 Å². The zero-order chi connectivity index (χ0) is 16.8. The van der Waals surface area contributed by atoms with Crippen LogP contribution >= 0.6 is 0 Å². The number of hydrogen-bond acceptors (Lipinski definition) is 3. The van der Waals surface area contributed by atoms with Gasteiger partial charge in [-0.15, -0.1) is 0 Å². The first kappa shape index (κ1) is 16.3. The molecule has 126 valence electrons. The number of ether oxygens (including phenoxy) is 2. The Morgan fingerprint density at radius 3 is 2.71 bits per heavy atom. The van der Waals surface area contributed by atoms with Gasteiger partial charge < -0.3 is 14.8 Å². The molecule has 3 rings (SSSR count). The van der Waals surface area contributed by atoms with Crippen molar-refractivity contribution in [3.8, 4) is 11.5 Å². The maximum absolute atomic E-state index is 13.5. The lowest BCUT2D eigenvalue weighted by Crippen LogP contribution is -2.27. The van der Waals surface area contributed by atoms with Gasteiger partial charge in [-0.05, 0) is 35.7 Å². The number of carbonyl (C=O) groups excluding carboxylic acids is 1. The van der Waals surface area contributed by atoms with E-state index in [0.29, 0.717) is 31.7 Å². The molecule has 0 saturated heterocycles. The summed E-state index contributed by atoms with van der Waals surface area (Å²) in [5.41, 5.74) is 1.47.